The number of amides is 1. The Bertz CT molecular complexity index is 778. The van der Waals surface area contributed by atoms with Gasteiger partial charge in [0.2, 0.25) is 0 Å². The van der Waals surface area contributed by atoms with E-state index in [-0.39, 0.29) is 5.91 Å². The number of carbonyl (C=O) groups is 1. The Morgan fingerprint density at radius 2 is 2.20 bits per heavy atom. The minimum Gasteiger partial charge on any atom is -0.317 e. The average Bonchev–Trinajstić information content (AvgIpc) is 2.67. The zero-order valence-electron chi connectivity index (χ0n) is 14.5. The number of benzene rings is 1. The van der Waals surface area contributed by atoms with Gasteiger partial charge in [0, 0.05) is 17.4 Å². The molecule has 2 atom stereocenters. The average molecular weight is 353 g/mol. The fraction of sp³-hybridized carbons (Fsp3) is 0.381. The van der Waals surface area contributed by atoms with Gasteiger partial charge in [-0.15, -0.1) is 11.8 Å². The Balaban J connectivity index is 1.59. The van der Waals surface area contributed by atoms with Gasteiger partial charge in [-0.25, -0.2) is 0 Å². The number of thioether (sulfide) groups is 1. The molecule has 130 valence electrons. The van der Waals surface area contributed by atoms with Crippen LogP contribution in [0, 0.1) is 5.92 Å². The summed E-state index contributed by atoms with van der Waals surface area (Å²) in [5, 5.41) is 8.12. The van der Waals surface area contributed by atoms with Crippen molar-refractivity contribution < 1.29 is 4.79 Å². The smallest absolute Gasteiger partial charge is 0.256 e. The molecule has 2 N–H and O–H groups in total. The summed E-state index contributed by atoms with van der Waals surface area (Å²) in [7, 11) is 0. The summed E-state index contributed by atoms with van der Waals surface area (Å²) in [6, 6.07) is 6.10. The molecule has 2 unspecified atom stereocenters. The van der Waals surface area contributed by atoms with Crippen LogP contribution in [-0.2, 0) is 13.0 Å². The van der Waals surface area contributed by atoms with Gasteiger partial charge in [0.25, 0.3) is 5.91 Å². The van der Waals surface area contributed by atoms with Crippen molar-refractivity contribution in [3.63, 3.8) is 0 Å². The first-order chi connectivity index (χ1) is 12.3. The van der Waals surface area contributed by atoms with Crippen molar-refractivity contribution in [1.29, 1.82) is 0 Å². The Morgan fingerprint density at radius 3 is 3.08 bits per heavy atom. The lowest BCUT2D eigenvalue weighted by Gasteiger charge is -2.32. The van der Waals surface area contributed by atoms with Gasteiger partial charge in [-0.2, -0.15) is 0 Å². The summed E-state index contributed by atoms with van der Waals surface area (Å²) in [6.07, 6.45) is 11.8. The van der Waals surface area contributed by atoms with Gasteiger partial charge in [0.15, 0.2) is 0 Å². The Hall–Kier alpha value is -1.78. The van der Waals surface area contributed by atoms with Crippen LogP contribution in [0.15, 0.2) is 53.1 Å². The normalized spacial score (nSPS) is 24.7. The van der Waals surface area contributed by atoms with Crippen molar-refractivity contribution >= 4 is 17.7 Å². The molecular weight excluding hydrogens is 328 g/mol. The van der Waals surface area contributed by atoms with Gasteiger partial charge in [0.1, 0.15) is 0 Å². The summed E-state index contributed by atoms with van der Waals surface area (Å²) in [4.78, 5) is 13.0. The monoisotopic (exact) mass is 352 g/mol. The van der Waals surface area contributed by atoms with Crippen LogP contribution in [0.1, 0.15) is 41.3 Å². The third-order valence-electron chi connectivity index (χ3n) is 5.29. The lowest BCUT2D eigenvalue weighted by Crippen LogP contribution is -2.32. The summed E-state index contributed by atoms with van der Waals surface area (Å²) >= 11 is 1.80. The quantitative estimate of drug-likeness (QED) is 0.866. The molecule has 3 nitrogen and oxygen atoms in total. The fourth-order valence-electron chi connectivity index (χ4n) is 3.86. The highest BCUT2D eigenvalue weighted by atomic mass is 32.2. The van der Waals surface area contributed by atoms with Gasteiger partial charge < -0.3 is 10.6 Å². The van der Waals surface area contributed by atoms with Gasteiger partial charge in [-0.1, -0.05) is 43.4 Å². The molecule has 2 heterocycles. The second-order valence-electron chi connectivity index (χ2n) is 6.83. The first-order valence-corrected chi connectivity index (χ1v) is 10.0. The number of rotatable bonds is 3. The van der Waals surface area contributed by atoms with Crippen molar-refractivity contribution in [3.8, 4) is 0 Å². The van der Waals surface area contributed by atoms with Crippen LogP contribution in [0.3, 0.4) is 0 Å². The van der Waals surface area contributed by atoms with Crippen LogP contribution < -0.4 is 10.6 Å². The second-order valence-corrected chi connectivity index (χ2v) is 8.02. The summed E-state index contributed by atoms with van der Waals surface area (Å²) in [5.74, 6) is 0.585. The predicted molar refractivity (Wildman–Crippen MR) is 104 cm³/mol. The van der Waals surface area contributed by atoms with E-state index >= 15 is 0 Å². The number of carbonyl (C=O) groups excluding carboxylic acids is 1. The first kappa shape index (κ1) is 16.7. The number of fused-ring (bicyclic) bond motifs is 2. The Labute approximate surface area is 153 Å². The van der Waals surface area contributed by atoms with Crippen LogP contribution in [0.4, 0.5) is 0 Å². The third kappa shape index (κ3) is 3.33. The SMILES string of the molecule is CCC1=C(NC(=O)c2cccc3c2CNCC3)SC2C=CC=CC2C1. The van der Waals surface area contributed by atoms with E-state index in [2.05, 4.69) is 47.9 Å². The van der Waals surface area contributed by atoms with E-state index in [1.54, 1.807) is 11.8 Å². The Kier molecular flexibility index (Phi) is 4.82. The fourth-order valence-corrected chi connectivity index (χ4v) is 5.21. The van der Waals surface area contributed by atoms with Gasteiger partial charge in [-0.3, -0.25) is 4.79 Å². The van der Waals surface area contributed by atoms with Crippen molar-refractivity contribution in [2.45, 2.75) is 38.0 Å². The highest BCUT2D eigenvalue weighted by Crippen LogP contribution is 2.41. The van der Waals surface area contributed by atoms with Gasteiger partial charge in [-0.05, 0) is 54.5 Å². The van der Waals surface area contributed by atoms with Crippen molar-refractivity contribution in [2.24, 2.45) is 5.92 Å². The molecule has 0 radical (unpaired) electrons. The molecule has 0 fully saturated rings. The van der Waals surface area contributed by atoms with Gasteiger partial charge >= 0.3 is 0 Å². The molecule has 0 spiro atoms. The molecule has 0 aromatic heterocycles. The van der Waals surface area contributed by atoms with Crippen LogP contribution in [-0.4, -0.2) is 17.7 Å². The largest absolute Gasteiger partial charge is 0.317 e. The molecule has 4 heteroatoms. The highest BCUT2D eigenvalue weighted by molar-refractivity contribution is 8.03. The summed E-state index contributed by atoms with van der Waals surface area (Å²) in [5.41, 5.74) is 4.63. The lowest BCUT2D eigenvalue weighted by atomic mass is 9.91. The van der Waals surface area contributed by atoms with E-state index in [0.29, 0.717) is 11.2 Å². The van der Waals surface area contributed by atoms with Crippen molar-refractivity contribution in [2.75, 3.05) is 6.54 Å². The van der Waals surface area contributed by atoms with E-state index in [1.807, 2.05) is 12.1 Å². The minimum absolute atomic E-state index is 0.0304. The number of nitrogens with one attached hydrogen (secondary N) is 2. The molecule has 25 heavy (non-hydrogen) atoms. The minimum atomic E-state index is 0.0304. The Morgan fingerprint density at radius 1 is 1.32 bits per heavy atom. The molecule has 0 saturated heterocycles. The standard InChI is InChI=1S/C21H24N2OS/c1-2-14-12-16-6-3-4-9-19(16)25-21(14)23-20(24)17-8-5-7-15-10-11-22-13-18(15)17/h3-9,16,19,22H,2,10-13H2,1H3,(H,23,24). The van der Waals surface area contributed by atoms with Crippen LogP contribution >= 0.6 is 11.8 Å². The van der Waals surface area contributed by atoms with Crippen LogP contribution in [0.2, 0.25) is 0 Å². The molecule has 1 aliphatic carbocycles. The zero-order valence-corrected chi connectivity index (χ0v) is 15.4. The molecule has 3 aliphatic rings. The topological polar surface area (TPSA) is 41.1 Å². The highest BCUT2D eigenvalue weighted by Gasteiger charge is 2.29. The van der Waals surface area contributed by atoms with E-state index in [9.17, 15) is 4.79 Å². The number of hydrogen-bond acceptors (Lipinski definition) is 3. The molecule has 2 aliphatic heterocycles. The third-order valence-corrected chi connectivity index (χ3v) is 6.70. The maximum atomic E-state index is 13.0. The molecule has 1 aromatic rings. The molecule has 0 saturated carbocycles. The maximum absolute atomic E-state index is 13.0. The molecular formula is C21H24N2OS. The summed E-state index contributed by atoms with van der Waals surface area (Å²) in [6.45, 7) is 3.95. The maximum Gasteiger partial charge on any atom is 0.256 e. The molecule has 0 bridgehead atoms. The van der Waals surface area contributed by atoms with Gasteiger partial charge in [0.05, 0.1) is 5.03 Å². The van der Waals surface area contributed by atoms with Crippen molar-refractivity contribution in [3.05, 3.63) is 69.8 Å². The second kappa shape index (κ2) is 7.22. The van der Waals surface area contributed by atoms with E-state index in [4.69, 9.17) is 0 Å². The number of hydrogen-bond donors (Lipinski definition) is 2. The van der Waals surface area contributed by atoms with Crippen LogP contribution in [0.25, 0.3) is 0 Å². The molecule has 1 aromatic carbocycles. The number of allylic oxidation sites excluding steroid dienone is 4. The van der Waals surface area contributed by atoms with Crippen LogP contribution in [0.5, 0.6) is 0 Å². The zero-order chi connectivity index (χ0) is 17.2. The lowest BCUT2D eigenvalue weighted by molar-refractivity contribution is 0.0966. The van der Waals surface area contributed by atoms with E-state index in [1.165, 1.54) is 11.1 Å². The first-order valence-electron chi connectivity index (χ1n) is 9.12. The van der Waals surface area contributed by atoms with E-state index in [0.717, 1.165) is 48.5 Å². The molecule has 1 amide bonds. The summed E-state index contributed by atoms with van der Waals surface area (Å²) < 4.78 is 0. The predicted octanol–water partition coefficient (Wildman–Crippen LogP) is 3.93. The molecule has 4 rings (SSSR count). The van der Waals surface area contributed by atoms with Crippen molar-refractivity contribution in [1.82, 2.24) is 10.6 Å². The van der Waals surface area contributed by atoms with E-state index < -0.39 is 0 Å².